The van der Waals surface area contributed by atoms with Gasteiger partial charge in [0.05, 0.1) is 0 Å². The Morgan fingerprint density at radius 2 is 2.15 bits per heavy atom. The molecule has 0 unspecified atom stereocenters. The molecule has 1 aromatic rings. The Morgan fingerprint density at radius 1 is 1.35 bits per heavy atom. The van der Waals surface area contributed by atoms with Crippen molar-refractivity contribution >= 4 is 5.91 Å². The van der Waals surface area contributed by atoms with Gasteiger partial charge in [-0.2, -0.15) is 0 Å². The molecule has 2 fully saturated rings. The highest BCUT2D eigenvalue weighted by Gasteiger charge is 2.23. The Labute approximate surface area is 120 Å². The van der Waals surface area contributed by atoms with E-state index in [2.05, 4.69) is 20.1 Å². The summed E-state index contributed by atoms with van der Waals surface area (Å²) in [6.45, 7) is 5.94. The summed E-state index contributed by atoms with van der Waals surface area (Å²) in [4.78, 5) is 14.6. The van der Waals surface area contributed by atoms with E-state index in [-0.39, 0.29) is 5.91 Å². The van der Waals surface area contributed by atoms with Gasteiger partial charge in [-0.05, 0) is 31.4 Å². The van der Waals surface area contributed by atoms with Gasteiger partial charge >= 0.3 is 0 Å². The van der Waals surface area contributed by atoms with Gasteiger partial charge in [0.1, 0.15) is 5.69 Å². The summed E-state index contributed by atoms with van der Waals surface area (Å²) in [5, 5.41) is 6.39. The standard InChI is InChI=1S/C15H24N4O/c20-15(17-8-12-18-10-6-16-7-11-18)14-5-2-9-19(14)13-3-1-4-13/h2,5,9,13,16H,1,3-4,6-8,10-12H2,(H,17,20). The van der Waals surface area contributed by atoms with Gasteiger partial charge in [-0.3, -0.25) is 9.69 Å². The number of hydrogen-bond donors (Lipinski definition) is 2. The lowest BCUT2D eigenvalue weighted by molar-refractivity contribution is 0.0932. The molecular formula is C15H24N4O. The van der Waals surface area contributed by atoms with E-state index in [4.69, 9.17) is 0 Å². The monoisotopic (exact) mass is 276 g/mol. The lowest BCUT2D eigenvalue weighted by Gasteiger charge is -2.29. The van der Waals surface area contributed by atoms with Crippen LogP contribution in [0.25, 0.3) is 0 Å². The summed E-state index contributed by atoms with van der Waals surface area (Å²) in [7, 11) is 0. The number of piperazine rings is 1. The summed E-state index contributed by atoms with van der Waals surface area (Å²) in [5.41, 5.74) is 0.815. The Hall–Kier alpha value is -1.33. The van der Waals surface area contributed by atoms with E-state index < -0.39 is 0 Å². The minimum atomic E-state index is 0.0667. The van der Waals surface area contributed by atoms with Crippen molar-refractivity contribution in [3.05, 3.63) is 24.0 Å². The van der Waals surface area contributed by atoms with Gasteiger partial charge in [-0.25, -0.2) is 0 Å². The molecule has 2 aliphatic rings. The van der Waals surface area contributed by atoms with E-state index in [0.717, 1.165) is 45.0 Å². The molecule has 110 valence electrons. The Bertz CT molecular complexity index is 446. The van der Waals surface area contributed by atoms with Crippen molar-refractivity contribution in [1.82, 2.24) is 20.1 Å². The van der Waals surface area contributed by atoms with Crippen molar-refractivity contribution in [2.75, 3.05) is 39.3 Å². The van der Waals surface area contributed by atoms with Crippen molar-refractivity contribution in [2.24, 2.45) is 0 Å². The molecule has 0 spiro atoms. The van der Waals surface area contributed by atoms with E-state index in [1.807, 2.05) is 18.3 Å². The molecule has 20 heavy (non-hydrogen) atoms. The van der Waals surface area contributed by atoms with Crippen LogP contribution in [0.3, 0.4) is 0 Å². The van der Waals surface area contributed by atoms with Gasteiger partial charge in [0.2, 0.25) is 0 Å². The van der Waals surface area contributed by atoms with Crippen LogP contribution in [-0.2, 0) is 0 Å². The van der Waals surface area contributed by atoms with E-state index in [9.17, 15) is 4.79 Å². The number of amides is 1. The number of carbonyl (C=O) groups excluding carboxylic acids is 1. The third-order valence-corrected chi connectivity index (χ3v) is 4.40. The number of nitrogens with one attached hydrogen (secondary N) is 2. The Balaban J connectivity index is 1.47. The largest absolute Gasteiger partial charge is 0.349 e. The summed E-state index contributed by atoms with van der Waals surface area (Å²) >= 11 is 0. The maximum atomic E-state index is 12.2. The van der Waals surface area contributed by atoms with E-state index >= 15 is 0 Å². The average molecular weight is 276 g/mol. The number of rotatable bonds is 5. The Kier molecular flexibility index (Phi) is 4.38. The van der Waals surface area contributed by atoms with Crippen LogP contribution in [0.15, 0.2) is 18.3 Å². The van der Waals surface area contributed by atoms with Crippen molar-refractivity contribution in [3.63, 3.8) is 0 Å². The van der Waals surface area contributed by atoms with Crippen molar-refractivity contribution in [2.45, 2.75) is 25.3 Å². The van der Waals surface area contributed by atoms with Crippen molar-refractivity contribution in [3.8, 4) is 0 Å². The first-order chi connectivity index (χ1) is 9.84. The molecular weight excluding hydrogens is 252 g/mol. The first-order valence-corrected chi connectivity index (χ1v) is 7.73. The van der Waals surface area contributed by atoms with Crippen LogP contribution >= 0.6 is 0 Å². The lowest BCUT2D eigenvalue weighted by Crippen LogP contribution is -2.46. The molecule has 1 saturated carbocycles. The highest BCUT2D eigenvalue weighted by Crippen LogP contribution is 2.32. The van der Waals surface area contributed by atoms with Crippen LogP contribution in [0.1, 0.15) is 35.8 Å². The topological polar surface area (TPSA) is 49.3 Å². The third kappa shape index (κ3) is 3.04. The van der Waals surface area contributed by atoms with E-state index in [0.29, 0.717) is 6.04 Å². The molecule has 1 aliphatic heterocycles. The summed E-state index contributed by atoms with van der Waals surface area (Å²) in [6.07, 6.45) is 5.73. The first-order valence-electron chi connectivity index (χ1n) is 7.73. The normalized spacial score (nSPS) is 20.6. The molecule has 0 radical (unpaired) electrons. The summed E-state index contributed by atoms with van der Waals surface area (Å²) in [6, 6.07) is 4.45. The van der Waals surface area contributed by atoms with Crippen LogP contribution < -0.4 is 10.6 Å². The highest BCUT2D eigenvalue weighted by molar-refractivity contribution is 5.92. The number of carbonyl (C=O) groups is 1. The zero-order valence-electron chi connectivity index (χ0n) is 12.0. The van der Waals surface area contributed by atoms with Crippen LogP contribution in [0.5, 0.6) is 0 Å². The molecule has 2 N–H and O–H groups in total. The van der Waals surface area contributed by atoms with Gasteiger partial charge in [0.25, 0.3) is 5.91 Å². The molecule has 1 amide bonds. The molecule has 0 bridgehead atoms. The maximum Gasteiger partial charge on any atom is 0.267 e. The lowest BCUT2D eigenvalue weighted by atomic mass is 9.93. The zero-order chi connectivity index (χ0) is 13.8. The van der Waals surface area contributed by atoms with Crippen molar-refractivity contribution in [1.29, 1.82) is 0 Å². The van der Waals surface area contributed by atoms with E-state index in [1.165, 1.54) is 19.3 Å². The second-order valence-corrected chi connectivity index (χ2v) is 5.73. The number of nitrogens with zero attached hydrogens (tertiary/aromatic N) is 2. The molecule has 5 heteroatoms. The maximum absolute atomic E-state index is 12.2. The predicted octanol–water partition coefficient (Wildman–Crippen LogP) is 0.848. The van der Waals surface area contributed by atoms with Gasteiger partial charge in [0.15, 0.2) is 0 Å². The van der Waals surface area contributed by atoms with Crippen LogP contribution in [0.4, 0.5) is 0 Å². The van der Waals surface area contributed by atoms with Crippen LogP contribution in [0, 0.1) is 0 Å². The number of aromatic nitrogens is 1. The highest BCUT2D eigenvalue weighted by atomic mass is 16.1. The molecule has 1 aliphatic carbocycles. The minimum absolute atomic E-state index is 0.0667. The second-order valence-electron chi connectivity index (χ2n) is 5.73. The molecule has 5 nitrogen and oxygen atoms in total. The van der Waals surface area contributed by atoms with Crippen molar-refractivity contribution < 1.29 is 4.79 Å². The molecule has 3 rings (SSSR count). The molecule has 0 atom stereocenters. The molecule has 2 heterocycles. The number of hydrogen-bond acceptors (Lipinski definition) is 3. The smallest absolute Gasteiger partial charge is 0.267 e. The summed E-state index contributed by atoms with van der Waals surface area (Å²) < 4.78 is 2.14. The fourth-order valence-corrected chi connectivity index (χ4v) is 2.92. The van der Waals surface area contributed by atoms with Gasteiger partial charge in [0, 0.05) is 51.5 Å². The first kappa shape index (κ1) is 13.6. The van der Waals surface area contributed by atoms with Gasteiger partial charge < -0.3 is 15.2 Å². The van der Waals surface area contributed by atoms with Crippen LogP contribution in [-0.4, -0.2) is 54.6 Å². The van der Waals surface area contributed by atoms with E-state index in [1.54, 1.807) is 0 Å². The predicted molar refractivity (Wildman–Crippen MR) is 79.0 cm³/mol. The van der Waals surface area contributed by atoms with Gasteiger partial charge in [-0.15, -0.1) is 0 Å². The zero-order valence-corrected chi connectivity index (χ0v) is 12.0. The molecule has 1 aromatic heterocycles. The van der Waals surface area contributed by atoms with Crippen LogP contribution in [0.2, 0.25) is 0 Å². The Morgan fingerprint density at radius 3 is 2.85 bits per heavy atom. The fourth-order valence-electron chi connectivity index (χ4n) is 2.92. The third-order valence-electron chi connectivity index (χ3n) is 4.40. The second kappa shape index (κ2) is 6.41. The molecule has 1 saturated heterocycles. The fraction of sp³-hybridized carbons (Fsp3) is 0.667. The molecule has 0 aromatic carbocycles. The minimum Gasteiger partial charge on any atom is -0.349 e. The summed E-state index contributed by atoms with van der Waals surface area (Å²) in [5.74, 6) is 0.0667. The SMILES string of the molecule is O=C(NCCN1CCNCC1)c1cccn1C1CCC1. The average Bonchev–Trinajstić information content (AvgIpc) is 2.87. The quantitative estimate of drug-likeness (QED) is 0.838. The van der Waals surface area contributed by atoms with Gasteiger partial charge in [-0.1, -0.05) is 0 Å².